The predicted octanol–water partition coefficient (Wildman–Crippen LogP) is 14.4. The van der Waals surface area contributed by atoms with E-state index in [1.807, 2.05) is 66.7 Å². The average molecular weight is 767 g/mol. The molecule has 0 saturated heterocycles. The lowest BCUT2D eigenvalue weighted by Gasteiger charge is -2.14. The molecule has 12 rings (SSSR count). The Labute approximate surface area is 345 Å². The standard InChI is InChI=1S/C55H34N4O/c1-4-16-35(17-5-1)53-56-54(36-18-6-2-7-19-36)58-55(57-53)44-27-15-25-41-40(24-14-26-42(41)44)38-33-46(52-45-23-11-13-29-50(45)60-51(52)34-38)37-30-31-49-47(32-37)43-22-10-12-28-48(43)59(49)39-20-8-3-9-21-39/h1-34H. The molecule has 0 N–H and O–H groups in total. The van der Waals surface area contributed by atoms with Crippen LogP contribution in [0, 0.1) is 0 Å². The largest absolute Gasteiger partial charge is 0.456 e. The van der Waals surface area contributed by atoms with Crippen LogP contribution in [0.15, 0.2) is 211 Å². The van der Waals surface area contributed by atoms with Crippen LogP contribution in [0.3, 0.4) is 0 Å². The molecule has 0 aliphatic heterocycles. The first-order chi connectivity index (χ1) is 29.7. The molecule has 12 aromatic rings. The Hall–Kier alpha value is -8.15. The Morgan fingerprint density at radius 3 is 1.62 bits per heavy atom. The molecule has 9 aromatic carbocycles. The molecule has 0 unspecified atom stereocenters. The second kappa shape index (κ2) is 13.8. The van der Waals surface area contributed by atoms with Crippen LogP contribution in [0.4, 0.5) is 0 Å². The van der Waals surface area contributed by atoms with Gasteiger partial charge in [-0.25, -0.2) is 15.0 Å². The third-order valence-electron chi connectivity index (χ3n) is 11.6. The quantitative estimate of drug-likeness (QED) is 0.169. The summed E-state index contributed by atoms with van der Waals surface area (Å²) in [5.74, 6) is 1.90. The third kappa shape index (κ3) is 5.52. The molecule has 0 saturated carbocycles. The summed E-state index contributed by atoms with van der Waals surface area (Å²) in [6, 6.07) is 72.2. The van der Waals surface area contributed by atoms with Crippen LogP contribution in [0.25, 0.3) is 117 Å². The maximum atomic E-state index is 6.68. The highest BCUT2D eigenvalue weighted by molar-refractivity contribution is 6.17. The number of hydrogen-bond acceptors (Lipinski definition) is 4. The van der Waals surface area contributed by atoms with Crippen molar-refractivity contribution in [3.63, 3.8) is 0 Å². The summed E-state index contributed by atoms with van der Waals surface area (Å²) in [5, 5.41) is 6.78. The van der Waals surface area contributed by atoms with Gasteiger partial charge in [-0.2, -0.15) is 0 Å². The number of fused-ring (bicyclic) bond motifs is 7. The topological polar surface area (TPSA) is 56.7 Å². The fourth-order valence-corrected chi connectivity index (χ4v) is 8.92. The molecule has 0 bridgehead atoms. The summed E-state index contributed by atoms with van der Waals surface area (Å²) in [6.45, 7) is 0. The van der Waals surface area contributed by atoms with E-state index in [1.54, 1.807) is 0 Å². The van der Waals surface area contributed by atoms with E-state index in [2.05, 4.69) is 144 Å². The van der Waals surface area contributed by atoms with Gasteiger partial charge in [0.1, 0.15) is 11.2 Å². The first-order valence-electron chi connectivity index (χ1n) is 20.2. The highest BCUT2D eigenvalue weighted by Crippen LogP contribution is 2.44. The van der Waals surface area contributed by atoms with E-state index in [1.165, 1.54) is 21.8 Å². The van der Waals surface area contributed by atoms with Crippen LogP contribution in [0.5, 0.6) is 0 Å². The summed E-state index contributed by atoms with van der Waals surface area (Å²) in [5.41, 5.74) is 12.4. The average Bonchev–Trinajstić information content (AvgIpc) is 3.87. The molecular formula is C55H34N4O. The van der Waals surface area contributed by atoms with Gasteiger partial charge in [-0.1, -0.05) is 158 Å². The molecule has 5 nitrogen and oxygen atoms in total. The van der Waals surface area contributed by atoms with Crippen molar-refractivity contribution in [2.24, 2.45) is 0 Å². The summed E-state index contributed by atoms with van der Waals surface area (Å²) in [7, 11) is 0. The lowest BCUT2D eigenvalue weighted by molar-refractivity contribution is 0.669. The molecule has 0 atom stereocenters. The summed E-state index contributed by atoms with van der Waals surface area (Å²) < 4.78 is 9.04. The third-order valence-corrected chi connectivity index (χ3v) is 11.6. The monoisotopic (exact) mass is 766 g/mol. The van der Waals surface area contributed by atoms with Crippen LogP contribution >= 0.6 is 0 Å². The van der Waals surface area contributed by atoms with Crippen molar-refractivity contribution in [2.45, 2.75) is 0 Å². The molecule has 0 amide bonds. The predicted molar refractivity (Wildman–Crippen MR) is 246 cm³/mol. The molecule has 5 heteroatoms. The van der Waals surface area contributed by atoms with E-state index in [9.17, 15) is 0 Å². The zero-order valence-electron chi connectivity index (χ0n) is 32.3. The summed E-state index contributed by atoms with van der Waals surface area (Å²) >= 11 is 0. The van der Waals surface area contributed by atoms with Gasteiger partial charge in [-0.3, -0.25) is 0 Å². The number of furan rings is 1. The van der Waals surface area contributed by atoms with Crippen molar-refractivity contribution in [3.8, 4) is 62.1 Å². The Morgan fingerprint density at radius 1 is 0.317 bits per heavy atom. The van der Waals surface area contributed by atoms with E-state index in [-0.39, 0.29) is 0 Å². The number of nitrogens with zero attached hydrogens (tertiary/aromatic N) is 4. The Bertz CT molecular complexity index is 3530. The normalized spacial score (nSPS) is 11.7. The van der Waals surface area contributed by atoms with E-state index >= 15 is 0 Å². The Balaban J connectivity index is 1.07. The molecule has 0 fully saturated rings. The molecule has 3 aromatic heterocycles. The minimum Gasteiger partial charge on any atom is -0.456 e. The molecule has 0 aliphatic carbocycles. The maximum absolute atomic E-state index is 6.68. The van der Waals surface area contributed by atoms with Crippen LogP contribution < -0.4 is 0 Å². The number of para-hydroxylation sites is 3. The molecule has 0 aliphatic rings. The highest BCUT2D eigenvalue weighted by atomic mass is 16.3. The second-order valence-electron chi connectivity index (χ2n) is 15.2. The van der Waals surface area contributed by atoms with Gasteiger partial charge in [0.2, 0.25) is 0 Å². The fourth-order valence-electron chi connectivity index (χ4n) is 8.92. The van der Waals surface area contributed by atoms with Crippen LogP contribution in [-0.4, -0.2) is 19.5 Å². The minimum atomic E-state index is 0.627. The van der Waals surface area contributed by atoms with Gasteiger partial charge in [0.25, 0.3) is 0 Å². The van der Waals surface area contributed by atoms with Gasteiger partial charge < -0.3 is 8.98 Å². The van der Waals surface area contributed by atoms with E-state index in [0.717, 1.165) is 77.3 Å². The molecule has 60 heavy (non-hydrogen) atoms. The van der Waals surface area contributed by atoms with Crippen molar-refractivity contribution in [1.82, 2.24) is 19.5 Å². The first-order valence-corrected chi connectivity index (χ1v) is 20.2. The fraction of sp³-hybridized carbons (Fsp3) is 0. The molecule has 3 heterocycles. The summed E-state index contributed by atoms with van der Waals surface area (Å²) in [6.07, 6.45) is 0. The van der Waals surface area contributed by atoms with Gasteiger partial charge in [0.15, 0.2) is 17.5 Å². The van der Waals surface area contributed by atoms with Crippen molar-refractivity contribution >= 4 is 54.5 Å². The molecule has 0 spiro atoms. The van der Waals surface area contributed by atoms with Crippen molar-refractivity contribution in [1.29, 1.82) is 0 Å². The van der Waals surface area contributed by atoms with Crippen LogP contribution in [0.1, 0.15) is 0 Å². The van der Waals surface area contributed by atoms with E-state index in [0.29, 0.717) is 17.5 Å². The minimum absolute atomic E-state index is 0.627. The Kier molecular flexibility index (Phi) is 7.78. The Morgan fingerprint density at radius 2 is 0.883 bits per heavy atom. The first kappa shape index (κ1) is 33.9. The molecule has 0 radical (unpaired) electrons. The van der Waals surface area contributed by atoms with Gasteiger partial charge >= 0.3 is 0 Å². The van der Waals surface area contributed by atoms with E-state index in [4.69, 9.17) is 19.4 Å². The molecule has 280 valence electrons. The van der Waals surface area contributed by atoms with Gasteiger partial charge in [0, 0.05) is 43.9 Å². The number of hydrogen-bond donors (Lipinski definition) is 0. The van der Waals surface area contributed by atoms with Crippen molar-refractivity contribution < 1.29 is 4.42 Å². The maximum Gasteiger partial charge on any atom is 0.164 e. The van der Waals surface area contributed by atoms with Gasteiger partial charge in [-0.05, 0) is 81.6 Å². The SMILES string of the molecule is c1ccc(-c2nc(-c3ccccc3)nc(-c3cccc4c(-c5cc(-c6ccc7c(c6)c6ccccc6n7-c6ccccc6)c6c(c5)oc5ccccc56)cccc34)n2)cc1. The zero-order chi connectivity index (χ0) is 39.6. The smallest absolute Gasteiger partial charge is 0.164 e. The van der Waals surface area contributed by atoms with Gasteiger partial charge in [0.05, 0.1) is 11.0 Å². The number of benzene rings is 9. The van der Waals surface area contributed by atoms with E-state index < -0.39 is 0 Å². The lowest BCUT2D eigenvalue weighted by atomic mass is 9.91. The number of aromatic nitrogens is 4. The van der Waals surface area contributed by atoms with Crippen LogP contribution in [-0.2, 0) is 0 Å². The van der Waals surface area contributed by atoms with Crippen molar-refractivity contribution in [3.05, 3.63) is 206 Å². The zero-order valence-corrected chi connectivity index (χ0v) is 32.3. The highest BCUT2D eigenvalue weighted by Gasteiger charge is 2.20. The number of rotatable bonds is 6. The van der Waals surface area contributed by atoms with Crippen LogP contribution in [0.2, 0.25) is 0 Å². The van der Waals surface area contributed by atoms with Gasteiger partial charge in [-0.15, -0.1) is 0 Å². The van der Waals surface area contributed by atoms with Crippen molar-refractivity contribution in [2.75, 3.05) is 0 Å². The molecular weight excluding hydrogens is 733 g/mol. The second-order valence-corrected chi connectivity index (χ2v) is 15.2. The lowest BCUT2D eigenvalue weighted by Crippen LogP contribution is -2.00. The summed E-state index contributed by atoms with van der Waals surface area (Å²) in [4.78, 5) is 15.1.